The molecule has 76 valence electrons. The van der Waals surface area contributed by atoms with Crippen LogP contribution < -0.4 is 4.74 Å². The van der Waals surface area contributed by atoms with E-state index in [1.165, 1.54) is 11.3 Å². The Morgan fingerprint density at radius 3 is 2.93 bits per heavy atom. The van der Waals surface area contributed by atoms with Crippen molar-refractivity contribution in [2.75, 3.05) is 7.11 Å². The van der Waals surface area contributed by atoms with E-state index < -0.39 is 0 Å². The molecule has 2 rings (SSSR count). The van der Waals surface area contributed by atoms with Crippen molar-refractivity contribution in [3.05, 3.63) is 35.3 Å². The maximum Gasteiger partial charge on any atom is 0.150 e. The van der Waals surface area contributed by atoms with Gasteiger partial charge in [-0.05, 0) is 18.2 Å². The van der Waals surface area contributed by atoms with Crippen molar-refractivity contribution in [2.24, 2.45) is 0 Å². The second kappa shape index (κ2) is 4.23. The first-order chi connectivity index (χ1) is 7.35. The predicted octanol–water partition coefficient (Wildman–Crippen LogP) is 2.63. The minimum atomic E-state index is 0.630. The first kappa shape index (κ1) is 9.86. The monoisotopic (exact) mass is 219 g/mol. The lowest BCUT2D eigenvalue weighted by Crippen LogP contribution is -1.89. The number of hydrogen-bond acceptors (Lipinski definition) is 4. The smallest absolute Gasteiger partial charge is 0.150 e. The second-order valence-corrected chi connectivity index (χ2v) is 3.80. The van der Waals surface area contributed by atoms with Crippen molar-refractivity contribution in [2.45, 2.75) is 0 Å². The van der Waals surface area contributed by atoms with Crippen LogP contribution in [0.1, 0.15) is 10.4 Å². The highest BCUT2D eigenvalue weighted by Crippen LogP contribution is 2.28. The third-order valence-corrected chi connectivity index (χ3v) is 2.86. The molecule has 0 bridgehead atoms. The predicted molar refractivity (Wildman–Crippen MR) is 59.5 cm³/mol. The summed E-state index contributed by atoms with van der Waals surface area (Å²) in [6, 6.07) is 5.33. The van der Waals surface area contributed by atoms with Crippen LogP contribution in [0.3, 0.4) is 0 Å². The molecule has 0 fully saturated rings. The van der Waals surface area contributed by atoms with Crippen LogP contribution in [0.2, 0.25) is 0 Å². The normalized spacial score (nSPS) is 9.93. The molecule has 1 aromatic heterocycles. The van der Waals surface area contributed by atoms with E-state index in [2.05, 4.69) is 4.98 Å². The third-order valence-electron chi connectivity index (χ3n) is 2.05. The van der Waals surface area contributed by atoms with Crippen molar-refractivity contribution in [1.82, 2.24) is 4.98 Å². The van der Waals surface area contributed by atoms with Gasteiger partial charge in [0.25, 0.3) is 0 Å². The molecule has 0 aliphatic heterocycles. The summed E-state index contributed by atoms with van der Waals surface area (Å²) in [7, 11) is 1.60. The Labute approximate surface area is 91.4 Å². The molecule has 0 atom stereocenters. The molecule has 0 aliphatic rings. The van der Waals surface area contributed by atoms with E-state index in [-0.39, 0.29) is 0 Å². The van der Waals surface area contributed by atoms with Crippen LogP contribution in [-0.4, -0.2) is 18.4 Å². The van der Waals surface area contributed by atoms with E-state index in [1.807, 2.05) is 11.4 Å². The summed E-state index contributed by atoms with van der Waals surface area (Å²) in [6.45, 7) is 0. The largest absolute Gasteiger partial charge is 0.497 e. The molecule has 0 unspecified atom stereocenters. The Bertz CT molecular complexity index is 465. The second-order valence-electron chi connectivity index (χ2n) is 2.91. The molecule has 0 aliphatic carbocycles. The zero-order chi connectivity index (χ0) is 10.7. The Balaban J connectivity index is 2.56. The number of benzene rings is 1. The lowest BCUT2D eigenvalue weighted by atomic mass is 10.1. The maximum absolute atomic E-state index is 10.9. The van der Waals surface area contributed by atoms with Gasteiger partial charge in [-0.25, -0.2) is 4.98 Å². The third kappa shape index (κ3) is 1.89. The molecule has 1 aromatic carbocycles. The molecule has 4 heteroatoms. The highest BCUT2D eigenvalue weighted by molar-refractivity contribution is 7.13. The fourth-order valence-corrected chi connectivity index (χ4v) is 1.98. The van der Waals surface area contributed by atoms with Crippen molar-refractivity contribution in [1.29, 1.82) is 0 Å². The van der Waals surface area contributed by atoms with Gasteiger partial charge in [0.2, 0.25) is 0 Å². The standard InChI is InChI=1S/C11H9NO2S/c1-14-9-3-2-8(7-13)10(6-9)11-12-4-5-15-11/h2-7H,1H3. The minimum absolute atomic E-state index is 0.630. The number of thiazole rings is 1. The average molecular weight is 219 g/mol. The number of ether oxygens (including phenoxy) is 1. The van der Waals surface area contributed by atoms with Crippen LogP contribution in [0.25, 0.3) is 10.6 Å². The van der Waals surface area contributed by atoms with Gasteiger partial charge >= 0.3 is 0 Å². The lowest BCUT2D eigenvalue weighted by molar-refractivity contribution is 0.112. The molecule has 0 spiro atoms. The van der Waals surface area contributed by atoms with Crippen LogP contribution in [0.4, 0.5) is 0 Å². The van der Waals surface area contributed by atoms with E-state index in [0.717, 1.165) is 22.6 Å². The average Bonchev–Trinajstić information content (AvgIpc) is 2.81. The number of carbonyl (C=O) groups is 1. The van der Waals surface area contributed by atoms with Crippen LogP contribution >= 0.6 is 11.3 Å². The Kier molecular flexibility index (Phi) is 2.78. The van der Waals surface area contributed by atoms with Gasteiger partial charge in [0.15, 0.2) is 6.29 Å². The summed E-state index contributed by atoms with van der Waals surface area (Å²) in [6.07, 6.45) is 2.55. The molecular weight excluding hydrogens is 210 g/mol. The molecule has 0 saturated carbocycles. The van der Waals surface area contributed by atoms with Crippen molar-refractivity contribution in [3.8, 4) is 16.3 Å². The Morgan fingerprint density at radius 1 is 1.47 bits per heavy atom. The summed E-state index contributed by atoms with van der Waals surface area (Å²) in [4.78, 5) is 15.0. The number of carbonyl (C=O) groups excluding carboxylic acids is 1. The van der Waals surface area contributed by atoms with Crippen molar-refractivity contribution < 1.29 is 9.53 Å². The highest BCUT2D eigenvalue weighted by atomic mass is 32.1. The summed E-state index contributed by atoms with van der Waals surface area (Å²) in [5, 5.41) is 2.71. The van der Waals surface area contributed by atoms with E-state index in [9.17, 15) is 4.79 Å². The van der Waals surface area contributed by atoms with Gasteiger partial charge in [-0.15, -0.1) is 11.3 Å². The topological polar surface area (TPSA) is 39.2 Å². The van der Waals surface area contributed by atoms with Gasteiger partial charge in [0.1, 0.15) is 10.8 Å². The highest BCUT2D eigenvalue weighted by Gasteiger charge is 2.08. The van der Waals surface area contributed by atoms with Crippen LogP contribution in [0, 0.1) is 0 Å². The van der Waals surface area contributed by atoms with Gasteiger partial charge in [-0.2, -0.15) is 0 Å². The van der Waals surface area contributed by atoms with Gasteiger partial charge in [-0.3, -0.25) is 4.79 Å². The van der Waals surface area contributed by atoms with E-state index >= 15 is 0 Å². The number of rotatable bonds is 3. The summed E-state index contributed by atoms with van der Waals surface area (Å²) in [5.74, 6) is 0.728. The number of methoxy groups -OCH3 is 1. The SMILES string of the molecule is COc1ccc(C=O)c(-c2nccs2)c1. The summed E-state index contributed by atoms with van der Waals surface area (Å²) >= 11 is 1.50. The van der Waals surface area contributed by atoms with Gasteiger partial charge in [0.05, 0.1) is 7.11 Å². The number of aldehydes is 1. The van der Waals surface area contributed by atoms with Crippen LogP contribution in [0.15, 0.2) is 29.8 Å². The number of aromatic nitrogens is 1. The fourth-order valence-electron chi connectivity index (χ4n) is 1.31. The molecule has 0 N–H and O–H groups in total. The molecule has 2 aromatic rings. The van der Waals surface area contributed by atoms with Crippen LogP contribution in [-0.2, 0) is 0 Å². The fraction of sp³-hybridized carbons (Fsp3) is 0.0909. The van der Waals surface area contributed by atoms with Gasteiger partial charge < -0.3 is 4.74 Å². The lowest BCUT2D eigenvalue weighted by Gasteiger charge is -2.04. The van der Waals surface area contributed by atoms with E-state index in [4.69, 9.17) is 4.74 Å². The maximum atomic E-state index is 10.9. The van der Waals surface area contributed by atoms with Gasteiger partial charge in [0, 0.05) is 22.7 Å². The Morgan fingerprint density at radius 2 is 2.33 bits per heavy atom. The first-order valence-electron chi connectivity index (χ1n) is 4.38. The zero-order valence-corrected chi connectivity index (χ0v) is 8.95. The molecule has 0 amide bonds. The van der Waals surface area contributed by atoms with Gasteiger partial charge in [-0.1, -0.05) is 0 Å². The first-order valence-corrected chi connectivity index (χ1v) is 5.26. The Hall–Kier alpha value is -1.68. The van der Waals surface area contributed by atoms with Crippen molar-refractivity contribution >= 4 is 17.6 Å². The number of hydrogen-bond donors (Lipinski definition) is 0. The quantitative estimate of drug-likeness (QED) is 0.745. The van der Waals surface area contributed by atoms with E-state index in [1.54, 1.807) is 25.4 Å². The van der Waals surface area contributed by atoms with Crippen molar-refractivity contribution in [3.63, 3.8) is 0 Å². The van der Waals surface area contributed by atoms with Crippen LogP contribution in [0.5, 0.6) is 5.75 Å². The molecule has 1 heterocycles. The zero-order valence-electron chi connectivity index (χ0n) is 8.14. The number of nitrogens with zero attached hydrogens (tertiary/aromatic N) is 1. The molecule has 15 heavy (non-hydrogen) atoms. The minimum Gasteiger partial charge on any atom is -0.497 e. The molecule has 0 radical (unpaired) electrons. The molecular formula is C11H9NO2S. The van der Waals surface area contributed by atoms with E-state index in [0.29, 0.717) is 5.56 Å². The molecule has 3 nitrogen and oxygen atoms in total. The summed E-state index contributed by atoms with van der Waals surface area (Å²) < 4.78 is 5.11. The summed E-state index contributed by atoms with van der Waals surface area (Å²) in [5.41, 5.74) is 1.45. The molecule has 0 saturated heterocycles.